The highest BCUT2D eigenvalue weighted by molar-refractivity contribution is 5.81. The van der Waals surface area contributed by atoms with Crippen LogP contribution in [-0.4, -0.2) is 42.9 Å². The van der Waals surface area contributed by atoms with Gasteiger partial charge in [0, 0.05) is 12.6 Å². The molecular weight excluding hydrogens is 266 g/mol. The molecule has 0 aliphatic heterocycles. The summed E-state index contributed by atoms with van der Waals surface area (Å²) in [6, 6.07) is 8.05. The van der Waals surface area contributed by atoms with Gasteiger partial charge in [-0.05, 0) is 38.9 Å². The Balaban J connectivity index is 2.33. The minimum absolute atomic E-state index is 0.0702. The lowest BCUT2D eigenvalue weighted by atomic mass is 10.1. The van der Waals surface area contributed by atoms with Crippen molar-refractivity contribution in [3.63, 3.8) is 0 Å². The summed E-state index contributed by atoms with van der Waals surface area (Å²) >= 11 is 0. The smallest absolute Gasteiger partial charge is 0.234 e. The predicted molar refractivity (Wildman–Crippen MR) is 83.8 cm³/mol. The molecule has 21 heavy (non-hydrogen) atoms. The standard InChI is InChI=1S/C16H25N3O2/c1-12(2)18-16(21)11-19(4)10-15(20)17-9-14-8-6-5-7-13(14)3/h5-8,12H,9-11H2,1-4H3,(H,17,20)(H,18,21). The van der Waals surface area contributed by atoms with E-state index in [1.165, 1.54) is 0 Å². The monoisotopic (exact) mass is 291 g/mol. The normalized spacial score (nSPS) is 10.8. The molecule has 5 nitrogen and oxygen atoms in total. The molecule has 0 unspecified atom stereocenters. The third kappa shape index (κ3) is 6.90. The topological polar surface area (TPSA) is 61.4 Å². The number of amides is 2. The van der Waals surface area contributed by atoms with Crippen LogP contribution in [-0.2, 0) is 16.1 Å². The van der Waals surface area contributed by atoms with Crippen LogP contribution < -0.4 is 10.6 Å². The van der Waals surface area contributed by atoms with Crippen molar-refractivity contribution in [2.45, 2.75) is 33.4 Å². The summed E-state index contributed by atoms with van der Waals surface area (Å²) in [5.41, 5.74) is 2.26. The van der Waals surface area contributed by atoms with Gasteiger partial charge in [0.05, 0.1) is 13.1 Å². The Morgan fingerprint density at radius 3 is 2.38 bits per heavy atom. The van der Waals surface area contributed by atoms with Crippen LogP contribution in [0.5, 0.6) is 0 Å². The molecule has 0 atom stereocenters. The average molecular weight is 291 g/mol. The fraction of sp³-hybridized carbons (Fsp3) is 0.500. The zero-order chi connectivity index (χ0) is 15.8. The number of carbonyl (C=O) groups is 2. The number of carbonyl (C=O) groups excluding carboxylic acids is 2. The molecule has 0 spiro atoms. The molecule has 2 N–H and O–H groups in total. The Hall–Kier alpha value is -1.88. The van der Waals surface area contributed by atoms with Gasteiger partial charge < -0.3 is 10.6 Å². The Labute approximate surface area is 126 Å². The summed E-state index contributed by atoms with van der Waals surface area (Å²) in [7, 11) is 1.76. The molecule has 1 aromatic carbocycles. The maximum absolute atomic E-state index is 11.9. The summed E-state index contributed by atoms with van der Waals surface area (Å²) in [5.74, 6) is -0.155. The van der Waals surface area contributed by atoms with Crippen molar-refractivity contribution in [2.75, 3.05) is 20.1 Å². The second-order valence-electron chi connectivity index (χ2n) is 5.60. The van der Waals surface area contributed by atoms with E-state index in [0.717, 1.165) is 11.1 Å². The largest absolute Gasteiger partial charge is 0.353 e. The fourth-order valence-electron chi connectivity index (χ4n) is 1.97. The number of hydrogen-bond donors (Lipinski definition) is 2. The van der Waals surface area contributed by atoms with E-state index in [4.69, 9.17) is 0 Å². The molecule has 0 radical (unpaired) electrons. The van der Waals surface area contributed by atoms with Crippen LogP contribution in [0.25, 0.3) is 0 Å². The summed E-state index contributed by atoms with van der Waals surface area (Å²) in [4.78, 5) is 25.1. The molecule has 0 fully saturated rings. The van der Waals surface area contributed by atoms with E-state index in [1.807, 2.05) is 45.0 Å². The van der Waals surface area contributed by atoms with Crippen LogP contribution in [0, 0.1) is 6.92 Å². The van der Waals surface area contributed by atoms with Gasteiger partial charge in [-0.2, -0.15) is 0 Å². The zero-order valence-electron chi connectivity index (χ0n) is 13.3. The maximum atomic E-state index is 11.9. The highest BCUT2D eigenvalue weighted by Crippen LogP contribution is 2.05. The quantitative estimate of drug-likeness (QED) is 0.790. The Morgan fingerprint density at radius 2 is 1.76 bits per heavy atom. The SMILES string of the molecule is Cc1ccccc1CNC(=O)CN(C)CC(=O)NC(C)C. The van der Waals surface area contributed by atoms with Crippen molar-refractivity contribution < 1.29 is 9.59 Å². The van der Waals surface area contributed by atoms with Gasteiger partial charge in [0.2, 0.25) is 11.8 Å². The van der Waals surface area contributed by atoms with Crippen LogP contribution in [0.4, 0.5) is 0 Å². The van der Waals surface area contributed by atoms with Crippen LogP contribution in [0.15, 0.2) is 24.3 Å². The molecule has 0 heterocycles. The first-order valence-electron chi connectivity index (χ1n) is 7.17. The van der Waals surface area contributed by atoms with E-state index in [9.17, 15) is 9.59 Å². The second kappa shape index (κ2) is 8.42. The number of nitrogens with one attached hydrogen (secondary N) is 2. The number of hydrogen-bond acceptors (Lipinski definition) is 3. The van der Waals surface area contributed by atoms with Crippen LogP contribution in [0.1, 0.15) is 25.0 Å². The molecule has 5 heteroatoms. The zero-order valence-corrected chi connectivity index (χ0v) is 13.3. The highest BCUT2D eigenvalue weighted by Gasteiger charge is 2.11. The minimum atomic E-state index is -0.0851. The maximum Gasteiger partial charge on any atom is 0.234 e. The molecule has 116 valence electrons. The van der Waals surface area contributed by atoms with Crippen LogP contribution in [0.3, 0.4) is 0 Å². The molecule has 0 bridgehead atoms. The van der Waals surface area contributed by atoms with E-state index < -0.39 is 0 Å². The lowest BCUT2D eigenvalue weighted by Crippen LogP contribution is -2.42. The molecule has 0 aromatic heterocycles. The molecule has 2 amide bonds. The van der Waals surface area contributed by atoms with Crippen molar-refractivity contribution in [1.29, 1.82) is 0 Å². The van der Waals surface area contributed by atoms with Gasteiger partial charge in [-0.3, -0.25) is 14.5 Å². The number of nitrogens with zero attached hydrogens (tertiary/aromatic N) is 1. The lowest BCUT2D eigenvalue weighted by Gasteiger charge is -2.17. The first kappa shape index (κ1) is 17.2. The van der Waals surface area contributed by atoms with Crippen molar-refractivity contribution in [2.24, 2.45) is 0 Å². The average Bonchev–Trinajstić information content (AvgIpc) is 2.36. The van der Waals surface area contributed by atoms with Gasteiger partial charge in [0.15, 0.2) is 0 Å². The third-order valence-electron chi connectivity index (χ3n) is 3.01. The van der Waals surface area contributed by atoms with Crippen molar-refractivity contribution in [3.8, 4) is 0 Å². The molecular formula is C16H25N3O2. The Kier molecular flexibility index (Phi) is 6.88. The second-order valence-corrected chi connectivity index (χ2v) is 5.60. The minimum Gasteiger partial charge on any atom is -0.353 e. The molecule has 0 aliphatic carbocycles. The fourth-order valence-corrected chi connectivity index (χ4v) is 1.97. The summed E-state index contributed by atoms with van der Waals surface area (Å²) in [6.07, 6.45) is 0. The van der Waals surface area contributed by atoms with E-state index in [0.29, 0.717) is 6.54 Å². The first-order valence-corrected chi connectivity index (χ1v) is 7.17. The number of rotatable bonds is 7. The van der Waals surface area contributed by atoms with Gasteiger partial charge in [-0.25, -0.2) is 0 Å². The van der Waals surface area contributed by atoms with E-state index in [-0.39, 0.29) is 30.9 Å². The van der Waals surface area contributed by atoms with Gasteiger partial charge in [0.1, 0.15) is 0 Å². The molecule has 0 aliphatic rings. The van der Waals surface area contributed by atoms with Crippen molar-refractivity contribution in [1.82, 2.24) is 15.5 Å². The highest BCUT2D eigenvalue weighted by atomic mass is 16.2. The first-order chi connectivity index (χ1) is 9.88. The van der Waals surface area contributed by atoms with Crippen molar-refractivity contribution in [3.05, 3.63) is 35.4 Å². The number of aryl methyl sites for hydroxylation is 1. The summed E-state index contributed by atoms with van der Waals surface area (Å²) in [5, 5.41) is 5.67. The van der Waals surface area contributed by atoms with E-state index >= 15 is 0 Å². The molecule has 1 aromatic rings. The van der Waals surface area contributed by atoms with Crippen molar-refractivity contribution >= 4 is 11.8 Å². The molecule has 0 saturated carbocycles. The third-order valence-corrected chi connectivity index (χ3v) is 3.01. The summed E-state index contributed by atoms with van der Waals surface area (Å²) in [6.45, 7) is 6.77. The predicted octanol–water partition coefficient (Wildman–Crippen LogP) is 1.07. The van der Waals surface area contributed by atoms with Gasteiger partial charge in [-0.15, -0.1) is 0 Å². The van der Waals surface area contributed by atoms with Gasteiger partial charge >= 0.3 is 0 Å². The van der Waals surface area contributed by atoms with Crippen LogP contribution in [0.2, 0.25) is 0 Å². The lowest BCUT2D eigenvalue weighted by molar-refractivity contribution is -0.124. The Bertz CT molecular complexity index is 486. The molecule has 1 rings (SSSR count). The Morgan fingerprint density at radius 1 is 1.14 bits per heavy atom. The number of likely N-dealkylation sites (N-methyl/N-ethyl adjacent to an activating group) is 1. The van der Waals surface area contributed by atoms with Gasteiger partial charge in [0.25, 0.3) is 0 Å². The summed E-state index contributed by atoms with van der Waals surface area (Å²) < 4.78 is 0. The van der Waals surface area contributed by atoms with Gasteiger partial charge in [-0.1, -0.05) is 24.3 Å². The van der Waals surface area contributed by atoms with E-state index in [1.54, 1.807) is 11.9 Å². The molecule has 0 saturated heterocycles. The number of benzene rings is 1. The van der Waals surface area contributed by atoms with E-state index in [2.05, 4.69) is 10.6 Å². The van der Waals surface area contributed by atoms with Crippen LogP contribution >= 0.6 is 0 Å².